The zero-order valence-electron chi connectivity index (χ0n) is 6.12. The van der Waals surface area contributed by atoms with Crippen LogP contribution in [0.5, 0.6) is 0 Å². The lowest BCUT2D eigenvalue weighted by atomic mass is 10.2. The fourth-order valence-electron chi connectivity index (χ4n) is 0.815. The van der Waals surface area contributed by atoms with Crippen LogP contribution in [0.2, 0.25) is 0 Å². The van der Waals surface area contributed by atoms with Crippen molar-refractivity contribution in [2.45, 2.75) is 12.5 Å². The molecule has 62 valence electrons. The van der Waals surface area contributed by atoms with Crippen LogP contribution in [0.3, 0.4) is 0 Å². The largest absolute Gasteiger partial charge is 0.469 e. The number of carbonyl (C=O) groups excluding carboxylic acids is 2. The molecule has 0 aliphatic carbocycles. The molecule has 1 unspecified atom stereocenters. The van der Waals surface area contributed by atoms with Crippen LogP contribution in [0.15, 0.2) is 0 Å². The van der Waals surface area contributed by atoms with Crippen LogP contribution in [0.25, 0.3) is 0 Å². The summed E-state index contributed by atoms with van der Waals surface area (Å²) in [5.74, 6) is -0.369. The van der Waals surface area contributed by atoms with E-state index in [2.05, 4.69) is 14.8 Å². The Morgan fingerprint density at radius 3 is 3.09 bits per heavy atom. The molecule has 1 heterocycles. The van der Waals surface area contributed by atoms with Gasteiger partial charge in [-0.25, -0.2) is 4.79 Å². The summed E-state index contributed by atoms with van der Waals surface area (Å²) in [4.78, 5) is 21.1. The molecule has 1 N–H and O–H groups in total. The molecule has 5 heteroatoms. The van der Waals surface area contributed by atoms with Crippen molar-refractivity contribution in [1.82, 2.24) is 5.32 Å². The predicted molar refractivity (Wildman–Crippen MR) is 34.9 cm³/mol. The maximum Gasteiger partial charge on any atom is 0.407 e. The first kappa shape index (κ1) is 7.84. The summed E-state index contributed by atoms with van der Waals surface area (Å²) in [6, 6.07) is 0. The van der Waals surface area contributed by atoms with Crippen molar-refractivity contribution in [3.8, 4) is 0 Å². The number of hydrogen-bond donors (Lipinski definition) is 1. The third-order valence-electron chi connectivity index (χ3n) is 1.37. The van der Waals surface area contributed by atoms with Gasteiger partial charge in [-0.15, -0.1) is 0 Å². The van der Waals surface area contributed by atoms with E-state index in [1.54, 1.807) is 0 Å². The van der Waals surface area contributed by atoms with Crippen LogP contribution in [-0.4, -0.2) is 31.8 Å². The SMILES string of the molecule is COC(=O)CC1CNC(=O)O1. The van der Waals surface area contributed by atoms with Gasteiger partial charge in [0.25, 0.3) is 0 Å². The van der Waals surface area contributed by atoms with Crippen LogP contribution >= 0.6 is 0 Å². The van der Waals surface area contributed by atoms with E-state index in [0.29, 0.717) is 6.54 Å². The van der Waals surface area contributed by atoms with Crippen LogP contribution in [0.4, 0.5) is 4.79 Å². The van der Waals surface area contributed by atoms with E-state index in [-0.39, 0.29) is 18.5 Å². The Hall–Kier alpha value is -1.26. The number of nitrogens with one attached hydrogen (secondary N) is 1. The number of cyclic esters (lactones) is 1. The van der Waals surface area contributed by atoms with Crippen LogP contribution in [0.1, 0.15) is 6.42 Å². The van der Waals surface area contributed by atoms with Gasteiger partial charge in [-0.2, -0.15) is 0 Å². The standard InChI is InChI=1S/C6H9NO4/c1-10-5(8)2-4-3-7-6(9)11-4/h4H,2-3H2,1H3,(H,7,9). The van der Waals surface area contributed by atoms with Crippen molar-refractivity contribution in [1.29, 1.82) is 0 Å². The zero-order valence-corrected chi connectivity index (χ0v) is 6.12. The molecule has 1 amide bonds. The topological polar surface area (TPSA) is 64.6 Å². The van der Waals surface area contributed by atoms with E-state index in [1.165, 1.54) is 7.11 Å². The Balaban J connectivity index is 2.28. The highest BCUT2D eigenvalue weighted by atomic mass is 16.6. The zero-order chi connectivity index (χ0) is 8.27. The van der Waals surface area contributed by atoms with Gasteiger partial charge >= 0.3 is 12.1 Å². The molecule has 1 aliphatic rings. The highest BCUT2D eigenvalue weighted by molar-refractivity contribution is 5.73. The Bertz CT molecular complexity index is 179. The molecule has 1 rings (SSSR count). The number of esters is 1. The molecule has 0 spiro atoms. The minimum absolute atomic E-state index is 0.120. The normalized spacial score (nSPS) is 22.3. The molecule has 1 atom stereocenters. The monoisotopic (exact) mass is 159 g/mol. The number of amides is 1. The summed E-state index contributed by atoms with van der Waals surface area (Å²) >= 11 is 0. The van der Waals surface area contributed by atoms with Gasteiger partial charge < -0.3 is 14.8 Å². The van der Waals surface area contributed by atoms with Crippen molar-refractivity contribution in [3.63, 3.8) is 0 Å². The van der Waals surface area contributed by atoms with Crippen LogP contribution in [0, 0.1) is 0 Å². The van der Waals surface area contributed by atoms with Crippen molar-refractivity contribution < 1.29 is 19.1 Å². The molecule has 0 aromatic heterocycles. The Labute approximate surface area is 63.7 Å². The first-order valence-corrected chi connectivity index (χ1v) is 3.23. The molecular weight excluding hydrogens is 150 g/mol. The van der Waals surface area contributed by atoms with Crippen molar-refractivity contribution in [2.24, 2.45) is 0 Å². The molecular formula is C6H9NO4. The maximum atomic E-state index is 10.6. The fraction of sp³-hybridized carbons (Fsp3) is 0.667. The quantitative estimate of drug-likeness (QED) is 0.560. The Morgan fingerprint density at radius 2 is 2.64 bits per heavy atom. The third kappa shape index (κ3) is 2.10. The average Bonchev–Trinajstić information content (AvgIpc) is 2.35. The van der Waals surface area contributed by atoms with Gasteiger partial charge in [0.1, 0.15) is 6.10 Å². The van der Waals surface area contributed by atoms with Gasteiger partial charge in [0.15, 0.2) is 0 Å². The second-order valence-electron chi connectivity index (χ2n) is 2.19. The van der Waals surface area contributed by atoms with Crippen molar-refractivity contribution >= 4 is 12.1 Å². The summed E-state index contributed by atoms with van der Waals surface area (Å²) in [5, 5.41) is 2.43. The van der Waals surface area contributed by atoms with Gasteiger partial charge in [-0.3, -0.25) is 4.79 Å². The molecule has 0 bridgehead atoms. The van der Waals surface area contributed by atoms with E-state index in [1.807, 2.05) is 0 Å². The van der Waals surface area contributed by atoms with Crippen molar-refractivity contribution in [2.75, 3.05) is 13.7 Å². The molecule has 0 aromatic carbocycles. The fourth-order valence-corrected chi connectivity index (χ4v) is 0.815. The number of ether oxygens (including phenoxy) is 2. The summed E-state index contributed by atoms with van der Waals surface area (Å²) in [7, 11) is 1.30. The molecule has 1 fully saturated rings. The second kappa shape index (κ2) is 3.23. The lowest BCUT2D eigenvalue weighted by molar-refractivity contribution is -0.142. The molecule has 5 nitrogen and oxygen atoms in total. The molecule has 1 saturated heterocycles. The van der Waals surface area contributed by atoms with E-state index in [4.69, 9.17) is 0 Å². The van der Waals surface area contributed by atoms with Gasteiger partial charge in [0, 0.05) is 0 Å². The highest BCUT2D eigenvalue weighted by Gasteiger charge is 2.24. The number of methoxy groups -OCH3 is 1. The third-order valence-corrected chi connectivity index (χ3v) is 1.37. The van der Waals surface area contributed by atoms with Crippen LogP contribution < -0.4 is 5.32 Å². The van der Waals surface area contributed by atoms with E-state index in [9.17, 15) is 9.59 Å². The smallest absolute Gasteiger partial charge is 0.407 e. The van der Waals surface area contributed by atoms with Gasteiger partial charge in [0.2, 0.25) is 0 Å². The van der Waals surface area contributed by atoms with Crippen LogP contribution in [-0.2, 0) is 14.3 Å². The number of rotatable bonds is 2. The van der Waals surface area contributed by atoms with E-state index in [0.717, 1.165) is 0 Å². The first-order valence-electron chi connectivity index (χ1n) is 3.23. The molecule has 11 heavy (non-hydrogen) atoms. The van der Waals surface area contributed by atoms with Gasteiger partial charge in [-0.05, 0) is 0 Å². The van der Waals surface area contributed by atoms with E-state index >= 15 is 0 Å². The molecule has 0 radical (unpaired) electrons. The average molecular weight is 159 g/mol. The summed E-state index contributed by atoms with van der Waals surface area (Å²) in [6.07, 6.45) is -0.719. The van der Waals surface area contributed by atoms with Gasteiger partial charge in [0.05, 0.1) is 20.1 Å². The Kier molecular flexibility index (Phi) is 2.30. The molecule has 0 aromatic rings. The van der Waals surface area contributed by atoms with E-state index < -0.39 is 6.09 Å². The Morgan fingerprint density at radius 1 is 1.91 bits per heavy atom. The molecule has 1 aliphatic heterocycles. The second-order valence-corrected chi connectivity index (χ2v) is 2.19. The highest BCUT2D eigenvalue weighted by Crippen LogP contribution is 2.04. The first-order chi connectivity index (χ1) is 5.22. The summed E-state index contributed by atoms with van der Waals surface area (Å²) in [5.41, 5.74) is 0. The number of hydrogen-bond acceptors (Lipinski definition) is 4. The maximum absolute atomic E-state index is 10.6. The lowest BCUT2D eigenvalue weighted by Gasteiger charge is -2.04. The van der Waals surface area contributed by atoms with Gasteiger partial charge in [-0.1, -0.05) is 0 Å². The van der Waals surface area contributed by atoms with Crippen molar-refractivity contribution in [3.05, 3.63) is 0 Å². The molecule has 0 saturated carbocycles. The minimum Gasteiger partial charge on any atom is -0.469 e. The predicted octanol–water partition coefficient (Wildman–Crippen LogP) is -0.342. The number of carbonyl (C=O) groups is 2. The lowest BCUT2D eigenvalue weighted by Crippen LogP contribution is -2.18. The summed E-state index contributed by atoms with van der Waals surface area (Å²) < 4.78 is 9.07. The summed E-state index contributed by atoms with van der Waals surface area (Å²) in [6.45, 7) is 0.383. The number of alkyl carbamates (subject to hydrolysis) is 1. The minimum atomic E-state index is -0.473.